The Morgan fingerprint density at radius 3 is 2.78 bits per heavy atom. The van der Waals surface area contributed by atoms with Crippen molar-refractivity contribution in [2.24, 2.45) is 5.73 Å². The van der Waals surface area contributed by atoms with Crippen molar-refractivity contribution in [3.63, 3.8) is 0 Å². The first kappa shape index (κ1) is 12.8. The quantitative estimate of drug-likeness (QED) is 0.874. The van der Waals surface area contributed by atoms with Crippen LogP contribution >= 0.6 is 23.8 Å². The number of pyridine rings is 1. The fraction of sp³-hybridized carbons (Fsp3) is 0.0769. The highest BCUT2D eigenvalue weighted by Crippen LogP contribution is 2.31. The minimum Gasteiger partial charge on any atom is -0.453 e. The zero-order valence-electron chi connectivity index (χ0n) is 9.68. The lowest BCUT2D eigenvalue weighted by molar-refractivity contribution is 0.479. The second-order valence-electron chi connectivity index (χ2n) is 3.77. The van der Waals surface area contributed by atoms with Crippen molar-refractivity contribution in [3.05, 3.63) is 52.8 Å². The molecule has 0 saturated carbocycles. The Bertz CT molecular complexity index is 601. The number of halogens is 1. The molecule has 0 aliphatic carbocycles. The molecule has 1 aromatic carbocycles. The van der Waals surface area contributed by atoms with Crippen LogP contribution in [0, 0.1) is 6.92 Å². The molecule has 0 aliphatic heterocycles. The van der Waals surface area contributed by atoms with Gasteiger partial charge < -0.3 is 10.5 Å². The summed E-state index contributed by atoms with van der Waals surface area (Å²) in [5, 5.41) is 0.535. The molecule has 0 atom stereocenters. The van der Waals surface area contributed by atoms with Gasteiger partial charge in [0.15, 0.2) is 5.75 Å². The molecule has 0 aliphatic rings. The Labute approximate surface area is 116 Å². The Hall–Kier alpha value is -1.65. The Kier molecular flexibility index (Phi) is 3.79. The normalized spacial score (nSPS) is 10.1. The summed E-state index contributed by atoms with van der Waals surface area (Å²) in [5.41, 5.74) is 7.32. The van der Waals surface area contributed by atoms with Crippen LogP contribution in [0.15, 0.2) is 36.7 Å². The molecular formula is C13H11ClN2OS. The number of rotatable bonds is 3. The van der Waals surface area contributed by atoms with E-state index in [0.717, 1.165) is 5.56 Å². The van der Waals surface area contributed by atoms with E-state index in [2.05, 4.69) is 4.98 Å². The molecule has 2 aromatic rings. The average Bonchev–Trinajstić information content (AvgIpc) is 2.33. The lowest BCUT2D eigenvalue weighted by Gasteiger charge is -2.11. The van der Waals surface area contributed by atoms with E-state index in [1.54, 1.807) is 24.5 Å². The number of benzene rings is 1. The van der Waals surface area contributed by atoms with Gasteiger partial charge >= 0.3 is 0 Å². The van der Waals surface area contributed by atoms with Gasteiger partial charge in [-0.2, -0.15) is 0 Å². The van der Waals surface area contributed by atoms with Crippen molar-refractivity contribution in [2.45, 2.75) is 6.92 Å². The first-order valence-electron chi connectivity index (χ1n) is 5.26. The summed E-state index contributed by atoms with van der Waals surface area (Å²) >= 11 is 11.1. The molecule has 0 fully saturated rings. The van der Waals surface area contributed by atoms with Gasteiger partial charge in [0, 0.05) is 6.20 Å². The molecule has 5 heteroatoms. The summed E-state index contributed by atoms with van der Waals surface area (Å²) < 4.78 is 5.69. The molecule has 0 unspecified atom stereocenters. The zero-order chi connectivity index (χ0) is 13.1. The molecule has 2 rings (SSSR count). The predicted molar refractivity (Wildman–Crippen MR) is 76.4 cm³/mol. The van der Waals surface area contributed by atoms with Crippen LogP contribution in [-0.4, -0.2) is 9.97 Å². The van der Waals surface area contributed by atoms with Gasteiger partial charge in [-0.3, -0.25) is 4.98 Å². The highest BCUT2D eigenvalue weighted by molar-refractivity contribution is 7.80. The van der Waals surface area contributed by atoms with E-state index in [4.69, 9.17) is 34.3 Å². The van der Waals surface area contributed by atoms with Gasteiger partial charge in [0.2, 0.25) is 0 Å². The van der Waals surface area contributed by atoms with E-state index in [-0.39, 0.29) is 4.99 Å². The minimum atomic E-state index is 0.260. The summed E-state index contributed by atoms with van der Waals surface area (Å²) in [7, 11) is 0. The Balaban J connectivity index is 2.37. The number of ether oxygens (including phenoxy) is 1. The summed E-state index contributed by atoms with van der Waals surface area (Å²) in [4.78, 5) is 4.25. The van der Waals surface area contributed by atoms with Crippen LogP contribution < -0.4 is 10.5 Å². The lowest BCUT2D eigenvalue weighted by atomic mass is 10.2. The van der Waals surface area contributed by atoms with Crippen LogP contribution in [0.5, 0.6) is 11.5 Å². The molecule has 0 saturated heterocycles. The molecule has 1 heterocycles. The van der Waals surface area contributed by atoms with Crippen LogP contribution in [0.2, 0.25) is 5.02 Å². The summed E-state index contributed by atoms with van der Waals surface area (Å²) in [5.74, 6) is 1.04. The van der Waals surface area contributed by atoms with Crippen molar-refractivity contribution in [3.8, 4) is 11.5 Å². The first-order valence-corrected chi connectivity index (χ1v) is 6.04. The van der Waals surface area contributed by atoms with Crippen LogP contribution in [0.1, 0.15) is 11.1 Å². The number of aromatic nitrogens is 1. The molecular weight excluding hydrogens is 268 g/mol. The molecule has 18 heavy (non-hydrogen) atoms. The van der Waals surface area contributed by atoms with E-state index in [1.165, 1.54) is 0 Å². The number of hydrogen-bond donors (Lipinski definition) is 1. The van der Waals surface area contributed by atoms with Crippen LogP contribution in [0.4, 0.5) is 0 Å². The van der Waals surface area contributed by atoms with Crippen molar-refractivity contribution in [1.29, 1.82) is 0 Å². The van der Waals surface area contributed by atoms with Gasteiger partial charge in [-0.25, -0.2) is 0 Å². The molecule has 2 N–H and O–H groups in total. The van der Waals surface area contributed by atoms with E-state index in [0.29, 0.717) is 22.1 Å². The molecule has 0 spiro atoms. The van der Waals surface area contributed by atoms with Crippen LogP contribution in [0.3, 0.4) is 0 Å². The fourth-order valence-corrected chi connectivity index (χ4v) is 1.91. The van der Waals surface area contributed by atoms with Gasteiger partial charge in [0.05, 0.1) is 16.8 Å². The second-order valence-corrected chi connectivity index (χ2v) is 4.62. The maximum Gasteiger partial charge on any atom is 0.155 e. The van der Waals surface area contributed by atoms with Gasteiger partial charge in [0.25, 0.3) is 0 Å². The minimum absolute atomic E-state index is 0.260. The third kappa shape index (κ3) is 2.78. The van der Waals surface area contributed by atoms with Gasteiger partial charge in [-0.15, -0.1) is 0 Å². The standard InChI is InChI=1S/C13H11ClN2OS/c1-8-2-3-11(10(14)6-8)17-12-7-16-5-4-9(12)13(15)18/h2-7H,1H3,(H2,15,18). The summed E-state index contributed by atoms with van der Waals surface area (Å²) in [6.07, 6.45) is 3.17. The lowest BCUT2D eigenvalue weighted by Crippen LogP contribution is -2.10. The number of hydrogen-bond acceptors (Lipinski definition) is 3. The molecule has 1 aromatic heterocycles. The monoisotopic (exact) mass is 278 g/mol. The van der Waals surface area contributed by atoms with Gasteiger partial charge in [0.1, 0.15) is 10.7 Å². The largest absolute Gasteiger partial charge is 0.453 e. The van der Waals surface area contributed by atoms with Crippen LogP contribution in [-0.2, 0) is 0 Å². The smallest absolute Gasteiger partial charge is 0.155 e. The topological polar surface area (TPSA) is 48.1 Å². The first-order chi connectivity index (χ1) is 8.58. The summed E-state index contributed by atoms with van der Waals surface area (Å²) in [6, 6.07) is 7.25. The van der Waals surface area contributed by atoms with Crippen molar-refractivity contribution in [2.75, 3.05) is 0 Å². The third-order valence-electron chi connectivity index (χ3n) is 2.36. The van der Waals surface area contributed by atoms with Crippen molar-refractivity contribution >= 4 is 28.8 Å². The van der Waals surface area contributed by atoms with Gasteiger partial charge in [-0.05, 0) is 30.7 Å². The Morgan fingerprint density at radius 2 is 2.11 bits per heavy atom. The van der Waals surface area contributed by atoms with E-state index in [1.807, 2.05) is 19.1 Å². The van der Waals surface area contributed by atoms with E-state index >= 15 is 0 Å². The number of thiocarbonyl (C=S) groups is 1. The zero-order valence-corrected chi connectivity index (χ0v) is 11.3. The maximum atomic E-state index is 6.10. The fourth-order valence-electron chi connectivity index (χ4n) is 1.47. The van der Waals surface area contributed by atoms with E-state index < -0.39 is 0 Å². The molecule has 0 radical (unpaired) electrons. The number of nitrogens with two attached hydrogens (primary N) is 1. The third-order valence-corrected chi connectivity index (χ3v) is 2.87. The highest BCUT2D eigenvalue weighted by Gasteiger charge is 2.09. The van der Waals surface area contributed by atoms with E-state index in [9.17, 15) is 0 Å². The average molecular weight is 279 g/mol. The van der Waals surface area contributed by atoms with Gasteiger partial charge in [-0.1, -0.05) is 29.9 Å². The molecule has 3 nitrogen and oxygen atoms in total. The summed E-state index contributed by atoms with van der Waals surface area (Å²) in [6.45, 7) is 1.96. The van der Waals surface area contributed by atoms with Crippen molar-refractivity contribution in [1.82, 2.24) is 4.98 Å². The number of nitrogens with zero attached hydrogens (tertiary/aromatic N) is 1. The molecule has 0 amide bonds. The predicted octanol–water partition coefficient (Wildman–Crippen LogP) is 3.47. The van der Waals surface area contributed by atoms with Crippen molar-refractivity contribution < 1.29 is 4.74 Å². The SMILES string of the molecule is Cc1ccc(Oc2cnccc2C(N)=S)c(Cl)c1. The molecule has 92 valence electrons. The Morgan fingerprint density at radius 1 is 1.33 bits per heavy atom. The maximum absolute atomic E-state index is 6.10. The highest BCUT2D eigenvalue weighted by atomic mass is 35.5. The number of aryl methyl sites for hydroxylation is 1. The van der Waals surface area contributed by atoms with Crippen LogP contribution in [0.25, 0.3) is 0 Å². The molecule has 0 bridgehead atoms. The second kappa shape index (κ2) is 5.33.